The van der Waals surface area contributed by atoms with E-state index in [0.717, 1.165) is 31.7 Å². The van der Waals surface area contributed by atoms with E-state index in [4.69, 9.17) is 0 Å². The van der Waals surface area contributed by atoms with Gasteiger partial charge in [-0.3, -0.25) is 9.89 Å². The van der Waals surface area contributed by atoms with Crippen molar-refractivity contribution in [2.75, 3.05) is 25.0 Å². The van der Waals surface area contributed by atoms with Crippen LogP contribution in [0.2, 0.25) is 0 Å². The van der Waals surface area contributed by atoms with E-state index in [9.17, 15) is 4.79 Å². The quantitative estimate of drug-likeness (QED) is 0.732. The molecule has 2 N–H and O–H groups in total. The van der Waals surface area contributed by atoms with Crippen LogP contribution in [0.25, 0.3) is 11.1 Å². The Morgan fingerprint density at radius 3 is 2.86 bits per heavy atom. The van der Waals surface area contributed by atoms with Gasteiger partial charge in [0.05, 0.1) is 6.20 Å². The van der Waals surface area contributed by atoms with E-state index in [1.165, 1.54) is 22.4 Å². The molecule has 0 saturated carbocycles. The molecule has 0 radical (unpaired) electrons. The molecule has 0 aliphatic carbocycles. The fourth-order valence-corrected chi connectivity index (χ4v) is 3.87. The van der Waals surface area contributed by atoms with E-state index in [1.54, 1.807) is 19.3 Å². The molecule has 6 nitrogen and oxygen atoms in total. The lowest BCUT2D eigenvalue weighted by Gasteiger charge is -2.33. The molecule has 1 aromatic carbocycles. The van der Waals surface area contributed by atoms with E-state index in [2.05, 4.69) is 56.6 Å². The Labute approximate surface area is 165 Å². The van der Waals surface area contributed by atoms with Gasteiger partial charge in [0, 0.05) is 49.1 Å². The standard InChI is InChI=1S/C22H25N5O/c1-15-5-7-16(8-6-15)19-13-25-26-21(19)18-4-3-11-27(14-18)20-12-17(9-10-24-20)22(28)23-2/h5-10,12-13,18H,3-4,11,14H2,1-2H3,(H,23,28)(H,25,26). The molecule has 1 aliphatic heterocycles. The molecule has 3 heterocycles. The van der Waals surface area contributed by atoms with E-state index in [0.29, 0.717) is 11.5 Å². The summed E-state index contributed by atoms with van der Waals surface area (Å²) in [4.78, 5) is 18.7. The Balaban J connectivity index is 1.58. The number of benzene rings is 1. The number of pyridine rings is 1. The van der Waals surface area contributed by atoms with Crippen molar-refractivity contribution in [1.29, 1.82) is 0 Å². The Bertz CT molecular complexity index is 963. The van der Waals surface area contributed by atoms with E-state index >= 15 is 0 Å². The molecule has 4 rings (SSSR count). The normalized spacial score (nSPS) is 16.8. The summed E-state index contributed by atoms with van der Waals surface area (Å²) in [6.07, 6.45) is 5.80. The number of hydrogen-bond acceptors (Lipinski definition) is 4. The Kier molecular flexibility index (Phi) is 5.10. The molecule has 2 aromatic heterocycles. The fourth-order valence-electron chi connectivity index (χ4n) is 3.87. The third-order valence-corrected chi connectivity index (χ3v) is 5.42. The zero-order valence-electron chi connectivity index (χ0n) is 16.3. The van der Waals surface area contributed by atoms with Crippen LogP contribution in [0.4, 0.5) is 5.82 Å². The first-order valence-electron chi connectivity index (χ1n) is 9.69. The number of nitrogens with one attached hydrogen (secondary N) is 2. The molecule has 0 spiro atoms. The van der Waals surface area contributed by atoms with E-state index in [-0.39, 0.29) is 5.91 Å². The summed E-state index contributed by atoms with van der Waals surface area (Å²) >= 11 is 0. The number of amides is 1. The van der Waals surface area contributed by atoms with Crippen molar-refractivity contribution in [3.8, 4) is 11.1 Å². The van der Waals surface area contributed by atoms with Gasteiger partial charge in [0.15, 0.2) is 0 Å². The number of H-pyrrole nitrogens is 1. The number of aromatic amines is 1. The zero-order chi connectivity index (χ0) is 19.5. The number of anilines is 1. The maximum Gasteiger partial charge on any atom is 0.251 e. The molecule has 0 bridgehead atoms. The van der Waals surface area contributed by atoms with Gasteiger partial charge >= 0.3 is 0 Å². The summed E-state index contributed by atoms with van der Waals surface area (Å²) in [6.45, 7) is 3.89. The summed E-state index contributed by atoms with van der Waals surface area (Å²) < 4.78 is 0. The van der Waals surface area contributed by atoms with Gasteiger partial charge in [-0.2, -0.15) is 5.10 Å². The Hall–Kier alpha value is -3.15. The minimum absolute atomic E-state index is 0.0903. The monoisotopic (exact) mass is 375 g/mol. The molecule has 1 aliphatic rings. The molecule has 1 saturated heterocycles. The van der Waals surface area contributed by atoms with Crippen molar-refractivity contribution >= 4 is 11.7 Å². The second kappa shape index (κ2) is 7.84. The second-order valence-corrected chi connectivity index (χ2v) is 7.33. The smallest absolute Gasteiger partial charge is 0.251 e. The molecule has 1 amide bonds. The highest BCUT2D eigenvalue weighted by Crippen LogP contribution is 2.34. The lowest BCUT2D eigenvalue weighted by Crippen LogP contribution is -2.35. The van der Waals surface area contributed by atoms with Crippen molar-refractivity contribution in [1.82, 2.24) is 20.5 Å². The van der Waals surface area contributed by atoms with Crippen molar-refractivity contribution < 1.29 is 4.79 Å². The van der Waals surface area contributed by atoms with Gasteiger partial charge in [0.25, 0.3) is 5.91 Å². The number of carbonyl (C=O) groups is 1. The summed E-state index contributed by atoms with van der Waals surface area (Å²) in [5.41, 5.74) is 5.41. The van der Waals surface area contributed by atoms with Crippen LogP contribution in [0.1, 0.15) is 40.4 Å². The first-order chi connectivity index (χ1) is 13.7. The topological polar surface area (TPSA) is 73.9 Å². The lowest BCUT2D eigenvalue weighted by atomic mass is 9.90. The summed E-state index contributed by atoms with van der Waals surface area (Å²) in [5, 5.41) is 10.2. The number of rotatable bonds is 4. The van der Waals surface area contributed by atoms with Crippen LogP contribution in [0, 0.1) is 6.92 Å². The van der Waals surface area contributed by atoms with E-state index in [1.807, 2.05) is 12.3 Å². The van der Waals surface area contributed by atoms with Gasteiger partial charge < -0.3 is 10.2 Å². The van der Waals surface area contributed by atoms with Crippen molar-refractivity contribution in [2.45, 2.75) is 25.7 Å². The fraction of sp³-hybridized carbons (Fsp3) is 0.318. The highest BCUT2D eigenvalue weighted by atomic mass is 16.1. The van der Waals surface area contributed by atoms with Crippen LogP contribution in [0.15, 0.2) is 48.8 Å². The minimum Gasteiger partial charge on any atom is -0.356 e. The maximum absolute atomic E-state index is 12.0. The third-order valence-electron chi connectivity index (χ3n) is 5.42. The molecule has 1 fully saturated rings. The Morgan fingerprint density at radius 2 is 2.07 bits per heavy atom. The largest absolute Gasteiger partial charge is 0.356 e. The van der Waals surface area contributed by atoms with E-state index < -0.39 is 0 Å². The van der Waals surface area contributed by atoms with Crippen molar-refractivity contribution in [3.05, 3.63) is 65.6 Å². The number of piperidine rings is 1. The summed E-state index contributed by atoms with van der Waals surface area (Å²) in [6, 6.07) is 12.2. The number of hydrogen-bond donors (Lipinski definition) is 2. The zero-order valence-corrected chi connectivity index (χ0v) is 16.3. The van der Waals surface area contributed by atoms with Gasteiger partial charge in [-0.05, 0) is 37.5 Å². The molecule has 28 heavy (non-hydrogen) atoms. The minimum atomic E-state index is -0.0903. The van der Waals surface area contributed by atoms with Crippen molar-refractivity contribution in [2.24, 2.45) is 0 Å². The average Bonchev–Trinajstić information content (AvgIpc) is 3.24. The van der Waals surface area contributed by atoms with Crippen LogP contribution < -0.4 is 10.2 Å². The van der Waals surface area contributed by atoms with Crippen LogP contribution in [0.5, 0.6) is 0 Å². The molecule has 1 unspecified atom stereocenters. The predicted octanol–water partition coefficient (Wildman–Crippen LogP) is 3.52. The van der Waals surface area contributed by atoms with Gasteiger partial charge in [-0.25, -0.2) is 4.98 Å². The molecular weight excluding hydrogens is 350 g/mol. The predicted molar refractivity (Wildman–Crippen MR) is 111 cm³/mol. The first kappa shape index (κ1) is 18.2. The second-order valence-electron chi connectivity index (χ2n) is 7.33. The SMILES string of the molecule is CNC(=O)c1ccnc(N2CCCC(c3[nH]ncc3-c3ccc(C)cc3)C2)c1. The number of aryl methyl sites for hydroxylation is 1. The molecular formula is C22H25N5O. The van der Waals surface area contributed by atoms with Crippen LogP contribution in [0.3, 0.4) is 0 Å². The van der Waals surface area contributed by atoms with Gasteiger partial charge in [-0.15, -0.1) is 0 Å². The molecule has 1 atom stereocenters. The van der Waals surface area contributed by atoms with Gasteiger partial charge in [0.2, 0.25) is 0 Å². The highest BCUT2D eigenvalue weighted by molar-refractivity contribution is 5.94. The average molecular weight is 375 g/mol. The summed E-state index contributed by atoms with van der Waals surface area (Å²) in [5.74, 6) is 1.10. The molecule has 3 aromatic rings. The number of carbonyl (C=O) groups excluding carboxylic acids is 1. The van der Waals surface area contributed by atoms with Crippen LogP contribution >= 0.6 is 0 Å². The van der Waals surface area contributed by atoms with Crippen LogP contribution in [-0.2, 0) is 0 Å². The third kappa shape index (κ3) is 3.63. The molecule has 6 heteroatoms. The number of aromatic nitrogens is 3. The first-order valence-corrected chi connectivity index (χ1v) is 9.69. The van der Waals surface area contributed by atoms with Gasteiger partial charge in [-0.1, -0.05) is 29.8 Å². The van der Waals surface area contributed by atoms with Crippen LogP contribution in [-0.4, -0.2) is 41.2 Å². The number of nitrogens with zero attached hydrogens (tertiary/aromatic N) is 3. The summed E-state index contributed by atoms with van der Waals surface area (Å²) in [7, 11) is 1.64. The van der Waals surface area contributed by atoms with Gasteiger partial charge in [0.1, 0.15) is 5.82 Å². The maximum atomic E-state index is 12.0. The highest BCUT2D eigenvalue weighted by Gasteiger charge is 2.26. The molecule has 144 valence electrons. The Morgan fingerprint density at radius 1 is 1.25 bits per heavy atom. The van der Waals surface area contributed by atoms with Crippen molar-refractivity contribution in [3.63, 3.8) is 0 Å². The lowest BCUT2D eigenvalue weighted by molar-refractivity contribution is 0.0963.